The molecule has 0 fully saturated rings. The van der Waals surface area contributed by atoms with Crippen LogP contribution in [-0.4, -0.2) is 28.9 Å². The summed E-state index contributed by atoms with van der Waals surface area (Å²) in [5.41, 5.74) is 1.03. The minimum atomic E-state index is -0.0792. The second kappa shape index (κ2) is 8.25. The van der Waals surface area contributed by atoms with Crippen LogP contribution in [0.4, 0.5) is 0 Å². The molecule has 1 aliphatic heterocycles. The molecule has 0 saturated carbocycles. The molecule has 1 aliphatic rings. The minimum absolute atomic E-state index is 0.0128. The molecule has 1 aromatic carbocycles. The topological polar surface area (TPSA) is 65.4 Å². The number of amides is 1. The summed E-state index contributed by atoms with van der Waals surface area (Å²) in [5, 5.41) is 7.38. The van der Waals surface area contributed by atoms with E-state index in [9.17, 15) is 4.79 Å². The Bertz CT molecular complexity index is 728. The largest absolute Gasteiger partial charge is 0.490 e. The van der Waals surface area contributed by atoms with Crippen molar-refractivity contribution in [1.82, 2.24) is 15.1 Å². The number of hydrogen-bond acceptors (Lipinski definition) is 4. The van der Waals surface area contributed by atoms with E-state index in [1.165, 1.54) is 0 Å². The molecular weight excluding hydrogens is 330 g/mol. The molecule has 1 amide bonds. The Balaban J connectivity index is 1.71. The number of benzene rings is 1. The van der Waals surface area contributed by atoms with Gasteiger partial charge in [0.2, 0.25) is 5.91 Å². The molecule has 1 aromatic heterocycles. The van der Waals surface area contributed by atoms with Gasteiger partial charge >= 0.3 is 0 Å². The van der Waals surface area contributed by atoms with Crippen LogP contribution in [0.3, 0.4) is 0 Å². The second-order valence-electron chi connectivity index (χ2n) is 7.09. The van der Waals surface area contributed by atoms with Gasteiger partial charge in [-0.25, -0.2) is 0 Å². The van der Waals surface area contributed by atoms with E-state index in [2.05, 4.69) is 24.3 Å². The van der Waals surface area contributed by atoms with Crippen LogP contribution in [0.5, 0.6) is 11.5 Å². The van der Waals surface area contributed by atoms with Crippen LogP contribution >= 0.6 is 0 Å². The molecule has 2 aromatic rings. The molecule has 2 heterocycles. The van der Waals surface area contributed by atoms with Crippen LogP contribution < -0.4 is 14.8 Å². The zero-order valence-corrected chi connectivity index (χ0v) is 15.6. The molecule has 26 heavy (non-hydrogen) atoms. The maximum absolute atomic E-state index is 12.6. The number of nitrogens with one attached hydrogen (secondary N) is 1. The van der Waals surface area contributed by atoms with Crippen molar-refractivity contribution < 1.29 is 14.3 Å². The molecule has 2 atom stereocenters. The Morgan fingerprint density at radius 1 is 1.23 bits per heavy atom. The molecule has 0 spiro atoms. The summed E-state index contributed by atoms with van der Waals surface area (Å²) in [5.74, 6) is 1.79. The summed E-state index contributed by atoms with van der Waals surface area (Å²) in [7, 11) is 0. The van der Waals surface area contributed by atoms with Crippen LogP contribution in [0.1, 0.15) is 51.3 Å². The highest BCUT2D eigenvalue weighted by Gasteiger charge is 2.22. The maximum Gasteiger partial charge on any atom is 0.222 e. The van der Waals surface area contributed by atoms with Crippen LogP contribution in [0.25, 0.3) is 0 Å². The number of hydrogen-bond donors (Lipinski definition) is 1. The predicted molar refractivity (Wildman–Crippen MR) is 99.3 cm³/mol. The summed E-state index contributed by atoms with van der Waals surface area (Å²) in [4.78, 5) is 12.6. The lowest BCUT2D eigenvalue weighted by Gasteiger charge is -2.24. The summed E-state index contributed by atoms with van der Waals surface area (Å²) >= 11 is 0. The van der Waals surface area contributed by atoms with Gasteiger partial charge in [-0.3, -0.25) is 9.48 Å². The number of carbonyl (C=O) groups is 1. The number of nitrogens with zero attached hydrogens (tertiary/aromatic N) is 2. The Kier molecular flexibility index (Phi) is 5.81. The Morgan fingerprint density at radius 2 is 2.00 bits per heavy atom. The Labute approximate surface area is 154 Å². The molecule has 140 valence electrons. The van der Waals surface area contributed by atoms with Crippen molar-refractivity contribution in [3.05, 3.63) is 42.2 Å². The number of ether oxygens (including phenoxy) is 2. The quantitative estimate of drug-likeness (QED) is 0.859. The van der Waals surface area contributed by atoms with Gasteiger partial charge in [-0.15, -0.1) is 0 Å². The molecule has 3 rings (SSSR count). The van der Waals surface area contributed by atoms with Crippen molar-refractivity contribution in [2.75, 3.05) is 13.2 Å². The van der Waals surface area contributed by atoms with Crippen molar-refractivity contribution in [3.8, 4) is 11.5 Å². The molecule has 6 nitrogen and oxygen atoms in total. The number of fused-ring (bicyclic) bond motifs is 1. The molecule has 0 saturated heterocycles. The van der Waals surface area contributed by atoms with Crippen molar-refractivity contribution >= 4 is 5.91 Å². The van der Waals surface area contributed by atoms with E-state index < -0.39 is 0 Å². The fourth-order valence-electron chi connectivity index (χ4n) is 3.14. The zero-order valence-electron chi connectivity index (χ0n) is 15.6. The fraction of sp³-hybridized carbons (Fsp3) is 0.500. The number of rotatable bonds is 6. The van der Waals surface area contributed by atoms with E-state index in [-0.39, 0.29) is 23.9 Å². The van der Waals surface area contributed by atoms with E-state index in [1.807, 2.05) is 37.4 Å². The molecule has 0 unspecified atom stereocenters. The van der Waals surface area contributed by atoms with Gasteiger partial charge in [-0.2, -0.15) is 5.10 Å². The average Bonchev–Trinajstić information content (AvgIpc) is 3.05. The van der Waals surface area contributed by atoms with Crippen molar-refractivity contribution in [3.63, 3.8) is 0 Å². The van der Waals surface area contributed by atoms with Gasteiger partial charge in [0.15, 0.2) is 11.5 Å². The second-order valence-corrected chi connectivity index (χ2v) is 7.09. The summed E-state index contributed by atoms with van der Waals surface area (Å²) in [6.07, 6.45) is 4.86. The Morgan fingerprint density at radius 3 is 2.69 bits per heavy atom. The molecular formula is C20H27N3O3. The third-order valence-corrected chi connectivity index (χ3v) is 4.57. The highest BCUT2D eigenvalue weighted by Crippen LogP contribution is 2.34. The van der Waals surface area contributed by atoms with Crippen molar-refractivity contribution in [2.45, 2.75) is 45.7 Å². The first-order valence-electron chi connectivity index (χ1n) is 9.22. The van der Waals surface area contributed by atoms with Crippen LogP contribution in [0.2, 0.25) is 0 Å². The van der Waals surface area contributed by atoms with Gasteiger partial charge in [0.05, 0.1) is 25.3 Å². The van der Waals surface area contributed by atoms with Gasteiger partial charge in [-0.05, 0) is 36.6 Å². The maximum atomic E-state index is 12.6. The van der Waals surface area contributed by atoms with Gasteiger partial charge in [-0.1, -0.05) is 19.9 Å². The summed E-state index contributed by atoms with van der Waals surface area (Å²) in [6, 6.07) is 7.73. The van der Waals surface area contributed by atoms with Gasteiger partial charge in [0.25, 0.3) is 0 Å². The van der Waals surface area contributed by atoms with Crippen molar-refractivity contribution in [1.29, 1.82) is 0 Å². The molecule has 0 aliphatic carbocycles. The lowest BCUT2D eigenvalue weighted by Crippen LogP contribution is -2.33. The lowest BCUT2D eigenvalue weighted by molar-refractivity contribution is -0.122. The van der Waals surface area contributed by atoms with E-state index in [1.54, 1.807) is 10.9 Å². The van der Waals surface area contributed by atoms with Gasteiger partial charge in [0, 0.05) is 25.2 Å². The van der Waals surface area contributed by atoms with Crippen LogP contribution in [-0.2, 0) is 4.79 Å². The number of carbonyl (C=O) groups excluding carboxylic acids is 1. The first kappa shape index (κ1) is 18.3. The molecule has 0 radical (unpaired) electrons. The van der Waals surface area contributed by atoms with Gasteiger partial charge in [0.1, 0.15) is 0 Å². The molecule has 0 bridgehead atoms. The standard InChI is InChI=1S/C20H27N3O3/c1-14(2)20(22-19(24)12-15(3)23-9-4-8-21-23)16-6-7-17-18(13-16)26-11-5-10-25-17/h4,6-9,13-15,20H,5,10-12H2,1-3H3,(H,22,24)/t15-,20+/m1/s1. The third-order valence-electron chi connectivity index (χ3n) is 4.57. The van der Waals surface area contributed by atoms with Crippen molar-refractivity contribution in [2.24, 2.45) is 5.92 Å². The highest BCUT2D eigenvalue weighted by atomic mass is 16.5. The van der Waals surface area contributed by atoms with Crippen LogP contribution in [0, 0.1) is 5.92 Å². The van der Waals surface area contributed by atoms with E-state index >= 15 is 0 Å². The average molecular weight is 357 g/mol. The molecule has 6 heteroatoms. The van der Waals surface area contributed by atoms with E-state index in [4.69, 9.17) is 9.47 Å². The fourth-order valence-corrected chi connectivity index (χ4v) is 3.14. The SMILES string of the molecule is CC(C)[C@H](NC(=O)C[C@@H](C)n1cccn1)c1ccc2c(c1)OCCCO2. The number of aromatic nitrogens is 2. The zero-order chi connectivity index (χ0) is 18.5. The highest BCUT2D eigenvalue weighted by molar-refractivity contribution is 5.77. The third kappa shape index (κ3) is 4.36. The summed E-state index contributed by atoms with van der Waals surface area (Å²) in [6.45, 7) is 7.51. The smallest absolute Gasteiger partial charge is 0.222 e. The summed E-state index contributed by atoms with van der Waals surface area (Å²) < 4.78 is 13.3. The van der Waals surface area contributed by atoms with E-state index in [0.717, 1.165) is 23.5 Å². The molecule has 1 N–H and O–H groups in total. The normalized spacial score (nSPS) is 16.0. The predicted octanol–water partition coefficient (Wildman–Crippen LogP) is 3.51. The Hall–Kier alpha value is -2.50. The van der Waals surface area contributed by atoms with Gasteiger partial charge < -0.3 is 14.8 Å². The first-order valence-corrected chi connectivity index (χ1v) is 9.22. The van der Waals surface area contributed by atoms with Crippen LogP contribution in [0.15, 0.2) is 36.7 Å². The van der Waals surface area contributed by atoms with E-state index in [0.29, 0.717) is 19.6 Å². The minimum Gasteiger partial charge on any atom is -0.490 e. The first-order chi connectivity index (χ1) is 12.5. The monoisotopic (exact) mass is 357 g/mol. The lowest BCUT2D eigenvalue weighted by atomic mass is 9.95.